The van der Waals surface area contributed by atoms with Crippen LogP contribution in [0, 0.1) is 10.5 Å². The van der Waals surface area contributed by atoms with Crippen LogP contribution in [0.4, 0.5) is 10.8 Å². The standard InChI is InChI=1S/C12H12IN3O2S/c1-6-2-3-7(13)4-8(6)15-12-16-9(5-19-12)10(14)11(17)18/h2-5,10H,14H2,1H3,(H,15,16)(H,17,18). The molecule has 0 spiro atoms. The average Bonchev–Trinajstić information content (AvgIpc) is 2.81. The summed E-state index contributed by atoms with van der Waals surface area (Å²) in [4.78, 5) is 15.0. The molecule has 1 unspecified atom stereocenters. The quantitative estimate of drug-likeness (QED) is 0.700. The Morgan fingerprint density at radius 1 is 1.58 bits per heavy atom. The number of carbonyl (C=O) groups is 1. The zero-order valence-electron chi connectivity index (χ0n) is 10.1. The maximum Gasteiger partial charge on any atom is 0.326 e. The zero-order chi connectivity index (χ0) is 14.0. The van der Waals surface area contributed by atoms with Crippen molar-refractivity contribution in [2.45, 2.75) is 13.0 Å². The van der Waals surface area contributed by atoms with Gasteiger partial charge in [-0.3, -0.25) is 4.79 Å². The molecule has 1 heterocycles. The number of aromatic nitrogens is 1. The SMILES string of the molecule is Cc1ccc(I)cc1Nc1nc(C(N)C(=O)O)cs1. The van der Waals surface area contributed by atoms with Gasteiger partial charge in [0.15, 0.2) is 5.13 Å². The van der Waals surface area contributed by atoms with Crippen molar-refractivity contribution in [2.24, 2.45) is 5.73 Å². The van der Waals surface area contributed by atoms with E-state index in [4.69, 9.17) is 10.8 Å². The van der Waals surface area contributed by atoms with Crippen LogP contribution in [-0.4, -0.2) is 16.1 Å². The summed E-state index contributed by atoms with van der Waals surface area (Å²) in [5.74, 6) is -1.08. The summed E-state index contributed by atoms with van der Waals surface area (Å²) < 4.78 is 1.12. The van der Waals surface area contributed by atoms with Gasteiger partial charge in [-0.2, -0.15) is 0 Å². The van der Waals surface area contributed by atoms with Gasteiger partial charge in [0.2, 0.25) is 0 Å². The third kappa shape index (κ3) is 3.43. The Kier molecular flexibility index (Phi) is 4.38. The Morgan fingerprint density at radius 2 is 2.32 bits per heavy atom. The number of nitrogens with zero attached hydrogens (tertiary/aromatic N) is 1. The van der Waals surface area contributed by atoms with Gasteiger partial charge in [-0.15, -0.1) is 11.3 Å². The fourth-order valence-corrected chi connectivity index (χ4v) is 2.71. The Balaban J connectivity index is 2.20. The number of nitrogens with one attached hydrogen (secondary N) is 1. The number of anilines is 2. The molecule has 5 nitrogen and oxygen atoms in total. The molecule has 0 saturated carbocycles. The molecule has 2 rings (SSSR count). The van der Waals surface area contributed by atoms with Crippen molar-refractivity contribution in [1.29, 1.82) is 0 Å². The maximum atomic E-state index is 10.8. The van der Waals surface area contributed by atoms with E-state index in [0.29, 0.717) is 10.8 Å². The van der Waals surface area contributed by atoms with Gasteiger partial charge >= 0.3 is 5.97 Å². The smallest absolute Gasteiger partial charge is 0.326 e. The second-order valence-electron chi connectivity index (χ2n) is 3.98. The second kappa shape index (κ2) is 5.85. The van der Waals surface area contributed by atoms with Crippen LogP contribution in [0.1, 0.15) is 17.3 Å². The van der Waals surface area contributed by atoms with E-state index in [0.717, 1.165) is 14.8 Å². The molecule has 2 aromatic rings. The van der Waals surface area contributed by atoms with Crippen LogP contribution < -0.4 is 11.1 Å². The van der Waals surface area contributed by atoms with Crippen molar-refractivity contribution in [3.05, 3.63) is 38.4 Å². The molecule has 0 aliphatic heterocycles. The van der Waals surface area contributed by atoms with Crippen molar-refractivity contribution < 1.29 is 9.90 Å². The van der Waals surface area contributed by atoms with Gasteiger partial charge in [0, 0.05) is 14.6 Å². The Morgan fingerprint density at radius 3 is 3.00 bits per heavy atom. The van der Waals surface area contributed by atoms with Crippen molar-refractivity contribution >= 4 is 50.7 Å². The molecule has 0 aliphatic rings. The van der Waals surface area contributed by atoms with E-state index in [-0.39, 0.29) is 0 Å². The monoisotopic (exact) mass is 389 g/mol. The van der Waals surface area contributed by atoms with Crippen LogP contribution in [-0.2, 0) is 4.79 Å². The number of carboxylic acids is 1. The lowest BCUT2D eigenvalue weighted by Gasteiger charge is -2.07. The number of rotatable bonds is 4. The average molecular weight is 389 g/mol. The zero-order valence-corrected chi connectivity index (χ0v) is 13.0. The maximum absolute atomic E-state index is 10.8. The first-order valence-corrected chi connectivity index (χ1v) is 7.40. The van der Waals surface area contributed by atoms with Gasteiger partial charge in [0.05, 0.1) is 5.69 Å². The lowest BCUT2D eigenvalue weighted by Crippen LogP contribution is -2.20. The number of aliphatic carboxylic acids is 1. The summed E-state index contributed by atoms with van der Waals surface area (Å²) in [5.41, 5.74) is 7.93. The first-order valence-electron chi connectivity index (χ1n) is 5.44. The number of hydrogen-bond donors (Lipinski definition) is 3. The van der Waals surface area contributed by atoms with E-state index < -0.39 is 12.0 Å². The minimum Gasteiger partial charge on any atom is -0.480 e. The molecule has 0 aliphatic carbocycles. The second-order valence-corrected chi connectivity index (χ2v) is 6.08. The lowest BCUT2D eigenvalue weighted by molar-refractivity contribution is -0.138. The van der Waals surface area contributed by atoms with Crippen LogP contribution in [0.3, 0.4) is 0 Å². The molecular formula is C12H12IN3O2S. The van der Waals surface area contributed by atoms with E-state index in [2.05, 4.69) is 32.9 Å². The Bertz CT molecular complexity index is 615. The molecule has 0 saturated heterocycles. The van der Waals surface area contributed by atoms with Gasteiger partial charge in [-0.05, 0) is 47.2 Å². The lowest BCUT2D eigenvalue weighted by atomic mass is 10.2. The third-order valence-corrected chi connectivity index (χ3v) is 3.99. The number of nitrogens with two attached hydrogens (primary N) is 1. The predicted molar refractivity (Wildman–Crippen MR) is 83.9 cm³/mol. The van der Waals surface area contributed by atoms with Crippen LogP contribution in [0.5, 0.6) is 0 Å². The summed E-state index contributed by atoms with van der Waals surface area (Å²) in [6, 6.07) is 4.97. The number of hydrogen-bond acceptors (Lipinski definition) is 5. The number of aryl methyl sites for hydroxylation is 1. The molecule has 7 heteroatoms. The number of thiazole rings is 1. The molecule has 1 atom stereocenters. The molecule has 1 aromatic carbocycles. The van der Waals surface area contributed by atoms with E-state index in [1.807, 2.05) is 25.1 Å². The van der Waals surface area contributed by atoms with Crippen LogP contribution >= 0.6 is 33.9 Å². The van der Waals surface area contributed by atoms with Crippen molar-refractivity contribution in [3.8, 4) is 0 Å². The highest BCUT2D eigenvalue weighted by atomic mass is 127. The molecule has 1 aromatic heterocycles. The van der Waals surface area contributed by atoms with Gasteiger partial charge in [0.25, 0.3) is 0 Å². The van der Waals surface area contributed by atoms with E-state index >= 15 is 0 Å². The highest BCUT2D eigenvalue weighted by molar-refractivity contribution is 14.1. The summed E-state index contributed by atoms with van der Waals surface area (Å²) in [6.07, 6.45) is 0. The highest BCUT2D eigenvalue weighted by Gasteiger charge is 2.17. The molecule has 4 N–H and O–H groups in total. The van der Waals surface area contributed by atoms with Crippen molar-refractivity contribution in [1.82, 2.24) is 4.98 Å². The fourth-order valence-electron chi connectivity index (χ4n) is 1.46. The van der Waals surface area contributed by atoms with Gasteiger partial charge in [-0.25, -0.2) is 4.98 Å². The number of halogens is 1. The van der Waals surface area contributed by atoms with Crippen LogP contribution in [0.25, 0.3) is 0 Å². The largest absolute Gasteiger partial charge is 0.480 e. The molecule has 0 bridgehead atoms. The van der Waals surface area contributed by atoms with Crippen molar-refractivity contribution in [3.63, 3.8) is 0 Å². The van der Waals surface area contributed by atoms with Gasteiger partial charge < -0.3 is 16.2 Å². The summed E-state index contributed by atoms with van der Waals surface area (Å²) in [7, 11) is 0. The van der Waals surface area contributed by atoms with Gasteiger partial charge in [0.1, 0.15) is 6.04 Å². The van der Waals surface area contributed by atoms with E-state index in [9.17, 15) is 4.79 Å². The van der Waals surface area contributed by atoms with Crippen LogP contribution in [0.2, 0.25) is 0 Å². The molecule has 0 fully saturated rings. The van der Waals surface area contributed by atoms with E-state index in [1.165, 1.54) is 11.3 Å². The van der Waals surface area contributed by atoms with Crippen molar-refractivity contribution in [2.75, 3.05) is 5.32 Å². The normalized spacial score (nSPS) is 12.2. The number of benzene rings is 1. The Hall–Kier alpha value is -1.19. The topological polar surface area (TPSA) is 88.2 Å². The third-order valence-electron chi connectivity index (χ3n) is 2.55. The minimum absolute atomic E-state index is 0.364. The highest BCUT2D eigenvalue weighted by Crippen LogP contribution is 2.26. The Labute approximate surface area is 128 Å². The summed E-state index contributed by atoms with van der Waals surface area (Å²) in [5, 5.41) is 14.3. The predicted octanol–water partition coefficient (Wildman–Crippen LogP) is 2.88. The first kappa shape index (κ1) is 14.2. The van der Waals surface area contributed by atoms with Crippen LogP contribution in [0.15, 0.2) is 23.6 Å². The van der Waals surface area contributed by atoms with Gasteiger partial charge in [-0.1, -0.05) is 6.07 Å². The molecular weight excluding hydrogens is 377 g/mol. The fraction of sp³-hybridized carbons (Fsp3) is 0.167. The molecule has 19 heavy (non-hydrogen) atoms. The molecule has 100 valence electrons. The first-order chi connectivity index (χ1) is 8.97. The minimum atomic E-state index is -1.08. The molecule has 0 amide bonds. The summed E-state index contributed by atoms with van der Waals surface area (Å²) >= 11 is 3.57. The summed E-state index contributed by atoms with van der Waals surface area (Å²) in [6.45, 7) is 2.00. The number of carboxylic acid groups (broad SMARTS) is 1. The van der Waals surface area contributed by atoms with E-state index in [1.54, 1.807) is 5.38 Å². The molecule has 0 radical (unpaired) electrons.